The zero-order chi connectivity index (χ0) is 17.3. The first-order valence-corrected chi connectivity index (χ1v) is 8.69. The van der Waals surface area contributed by atoms with Crippen molar-refractivity contribution in [3.63, 3.8) is 0 Å². The summed E-state index contributed by atoms with van der Waals surface area (Å²) < 4.78 is 0. The van der Waals surface area contributed by atoms with Gasteiger partial charge in [0.2, 0.25) is 0 Å². The van der Waals surface area contributed by atoms with Crippen molar-refractivity contribution in [1.82, 2.24) is 4.98 Å². The molecule has 0 aliphatic carbocycles. The van der Waals surface area contributed by atoms with Gasteiger partial charge < -0.3 is 5.11 Å². The van der Waals surface area contributed by atoms with E-state index in [1.165, 1.54) is 5.56 Å². The number of aliphatic hydroxyl groups is 1. The van der Waals surface area contributed by atoms with E-state index in [0.717, 1.165) is 38.3 Å². The van der Waals surface area contributed by atoms with Gasteiger partial charge in [-0.15, -0.1) is 0 Å². The Morgan fingerprint density at radius 2 is 1.79 bits per heavy atom. The first kappa shape index (κ1) is 16.9. The maximum atomic E-state index is 9.51. The third kappa shape index (κ3) is 3.17. The lowest BCUT2D eigenvalue weighted by Crippen LogP contribution is -2.01. The number of hydrogen-bond acceptors (Lipinski definition) is 2. The van der Waals surface area contributed by atoms with Crippen molar-refractivity contribution in [3.05, 3.63) is 64.3 Å². The summed E-state index contributed by atoms with van der Waals surface area (Å²) in [5.74, 6) is 0.394. The number of benzene rings is 2. The molecule has 0 unspecified atom stereocenters. The second-order valence-electron chi connectivity index (χ2n) is 6.49. The highest BCUT2D eigenvalue weighted by Crippen LogP contribution is 2.35. The van der Waals surface area contributed by atoms with E-state index in [-0.39, 0.29) is 6.61 Å². The fourth-order valence-electron chi connectivity index (χ4n) is 3.17. The third-order valence-electron chi connectivity index (χ3n) is 4.43. The number of aliphatic hydroxyl groups excluding tert-OH is 1. The third-order valence-corrected chi connectivity index (χ3v) is 4.68. The second-order valence-corrected chi connectivity index (χ2v) is 6.92. The minimum Gasteiger partial charge on any atom is -0.396 e. The van der Waals surface area contributed by atoms with Crippen molar-refractivity contribution >= 4 is 22.5 Å². The molecule has 1 aromatic heterocycles. The van der Waals surface area contributed by atoms with Gasteiger partial charge in [0.15, 0.2) is 0 Å². The van der Waals surface area contributed by atoms with Gasteiger partial charge in [-0.2, -0.15) is 0 Å². The molecule has 2 nitrogen and oxygen atoms in total. The Balaban J connectivity index is 2.33. The topological polar surface area (TPSA) is 33.1 Å². The summed E-state index contributed by atoms with van der Waals surface area (Å²) in [5.41, 5.74) is 6.69. The van der Waals surface area contributed by atoms with Crippen molar-refractivity contribution in [3.8, 4) is 11.1 Å². The molecule has 3 aromatic rings. The first-order valence-electron chi connectivity index (χ1n) is 8.31. The van der Waals surface area contributed by atoms with Gasteiger partial charge in [-0.3, -0.25) is 4.98 Å². The summed E-state index contributed by atoms with van der Waals surface area (Å²) in [4.78, 5) is 4.85. The average molecular weight is 340 g/mol. The standard InChI is InChI=1S/C21H22ClNO/c1-13(2)19-9-8-18-20(23-19)12-14(3)17(10-11-24)21(18)15-4-6-16(22)7-5-15/h4-9,12-13,24H,10-11H2,1-3H3. The Labute approximate surface area is 148 Å². The highest BCUT2D eigenvalue weighted by Gasteiger charge is 2.15. The normalized spacial score (nSPS) is 11.4. The van der Waals surface area contributed by atoms with Gasteiger partial charge in [0.05, 0.1) is 5.52 Å². The van der Waals surface area contributed by atoms with Crippen molar-refractivity contribution in [2.24, 2.45) is 0 Å². The highest BCUT2D eigenvalue weighted by molar-refractivity contribution is 6.30. The van der Waals surface area contributed by atoms with Crippen molar-refractivity contribution in [1.29, 1.82) is 0 Å². The fourth-order valence-corrected chi connectivity index (χ4v) is 3.29. The molecule has 0 saturated heterocycles. The van der Waals surface area contributed by atoms with Gasteiger partial charge in [-0.05, 0) is 65.8 Å². The molecule has 1 N–H and O–H groups in total. The Bertz CT molecular complexity index is 869. The van der Waals surface area contributed by atoms with E-state index in [1.54, 1.807) is 0 Å². The number of hydrogen-bond donors (Lipinski definition) is 1. The van der Waals surface area contributed by atoms with E-state index in [9.17, 15) is 5.11 Å². The van der Waals surface area contributed by atoms with Crippen LogP contribution in [0.25, 0.3) is 22.0 Å². The van der Waals surface area contributed by atoms with Crippen LogP contribution in [-0.2, 0) is 6.42 Å². The zero-order valence-corrected chi connectivity index (χ0v) is 15.1. The van der Waals surface area contributed by atoms with Crippen LogP contribution >= 0.6 is 11.6 Å². The van der Waals surface area contributed by atoms with E-state index in [1.807, 2.05) is 24.3 Å². The number of nitrogens with zero attached hydrogens (tertiary/aromatic N) is 1. The molecule has 0 radical (unpaired) electrons. The molecule has 0 saturated carbocycles. The summed E-state index contributed by atoms with van der Waals surface area (Å²) in [6, 6.07) is 14.3. The first-order chi connectivity index (χ1) is 11.5. The number of aryl methyl sites for hydroxylation is 1. The number of aromatic nitrogens is 1. The molecule has 2 aromatic carbocycles. The van der Waals surface area contributed by atoms with Crippen molar-refractivity contribution in [2.45, 2.75) is 33.1 Å². The molecule has 0 atom stereocenters. The summed E-state index contributed by atoms with van der Waals surface area (Å²) in [5, 5.41) is 11.4. The maximum Gasteiger partial charge on any atom is 0.0714 e. The maximum absolute atomic E-state index is 9.51. The van der Waals surface area contributed by atoms with Gasteiger partial charge in [0, 0.05) is 22.7 Å². The van der Waals surface area contributed by atoms with Crippen LogP contribution in [0.1, 0.15) is 36.6 Å². The lowest BCUT2D eigenvalue weighted by Gasteiger charge is -2.17. The zero-order valence-electron chi connectivity index (χ0n) is 14.3. The van der Waals surface area contributed by atoms with Crippen molar-refractivity contribution in [2.75, 3.05) is 6.61 Å². The average Bonchev–Trinajstić information content (AvgIpc) is 2.56. The van der Waals surface area contributed by atoms with Crippen LogP contribution < -0.4 is 0 Å². The molecule has 0 amide bonds. The quantitative estimate of drug-likeness (QED) is 0.678. The van der Waals surface area contributed by atoms with E-state index < -0.39 is 0 Å². The van der Waals surface area contributed by atoms with Crippen LogP contribution in [0.2, 0.25) is 5.02 Å². The molecular weight excluding hydrogens is 318 g/mol. The lowest BCUT2D eigenvalue weighted by molar-refractivity contribution is 0.299. The molecule has 1 heterocycles. The number of fused-ring (bicyclic) bond motifs is 1. The van der Waals surface area contributed by atoms with Gasteiger partial charge in [-0.1, -0.05) is 43.6 Å². The van der Waals surface area contributed by atoms with Gasteiger partial charge in [-0.25, -0.2) is 0 Å². The Morgan fingerprint density at radius 1 is 1.08 bits per heavy atom. The molecule has 3 heteroatoms. The second kappa shape index (κ2) is 6.92. The largest absolute Gasteiger partial charge is 0.396 e. The molecule has 3 rings (SSSR count). The minimum absolute atomic E-state index is 0.129. The number of halogens is 1. The van der Waals surface area contributed by atoms with Crippen LogP contribution in [0, 0.1) is 6.92 Å². The van der Waals surface area contributed by atoms with E-state index in [4.69, 9.17) is 16.6 Å². The fraction of sp³-hybridized carbons (Fsp3) is 0.286. The molecule has 0 aliphatic heterocycles. The van der Waals surface area contributed by atoms with Gasteiger partial charge in [0.1, 0.15) is 0 Å². The molecule has 0 spiro atoms. The van der Waals surface area contributed by atoms with E-state index in [2.05, 4.69) is 39.0 Å². The molecule has 0 fully saturated rings. The Kier molecular flexibility index (Phi) is 4.88. The summed E-state index contributed by atoms with van der Waals surface area (Å²) in [7, 11) is 0. The molecule has 0 bridgehead atoms. The molecular formula is C21H22ClNO. The molecule has 24 heavy (non-hydrogen) atoms. The predicted molar refractivity (Wildman–Crippen MR) is 102 cm³/mol. The Morgan fingerprint density at radius 3 is 2.42 bits per heavy atom. The van der Waals surface area contributed by atoms with Crippen LogP contribution in [0.15, 0.2) is 42.5 Å². The summed E-state index contributed by atoms with van der Waals surface area (Å²) in [6.07, 6.45) is 0.631. The summed E-state index contributed by atoms with van der Waals surface area (Å²) in [6.45, 7) is 6.53. The van der Waals surface area contributed by atoms with E-state index >= 15 is 0 Å². The minimum atomic E-state index is 0.129. The highest BCUT2D eigenvalue weighted by atomic mass is 35.5. The van der Waals surface area contributed by atoms with Gasteiger partial charge >= 0.3 is 0 Å². The monoisotopic (exact) mass is 339 g/mol. The SMILES string of the molecule is Cc1cc2nc(C(C)C)ccc2c(-c2ccc(Cl)cc2)c1CCO. The predicted octanol–water partition coefficient (Wildman–Crippen LogP) is 5.52. The van der Waals surface area contributed by atoms with Crippen molar-refractivity contribution < 1.29 is 5.11 Å². The number of pyridine rings is 1. The van der Waals surface area contributed by atoms with Crippen LogP contribution in [0.3, 0.4) is 0 Å². The summed E-state index contributed by atoms with van der Waals surface area (Å²) >= 11 is 6.05. The Hall–Kier alpha value is -1.90. The van der Waals surface area contributed by atoms with Gasteiger partial charge in [0.25, 0.3) is 0 Å². The lowest BCUT2D eigenvalue weighted by atomic mass is 9.90. The smallest absolute Gasteiger partial charge is 0.0714 e. The molecule has 124 valence electrons. The van der Waals surface area contributed by atoms with Crippen LogP contribution in [0.4, 0.5) is 0 Å². The number of rotatable bonds is 4. The van der Waals surface area contributed by atoms with Crippen LogP contribution in [-0.4, -0.2) is 16.7 Å². The van der Waals surface area contributed by atoms with E-state index in [0.29, 0.717) is 12.3 Å². The van der Waals surface area contributed by atoms with Crippen LogP contribution in [0.5, 0.6) is 0 Å². The molecule has 0 aliphatic rings.